The van der Waals surface area contributed by atoms with Gasteiger partial charge >= 0.3 is 0 Å². The van der Waals surface area contributed by atoms with Crippen molar-refractivity contribution in [2.45, 2.75) is 57.2 Å². The summed E-state index contributed by atoms with van der Waals surface area (Å²) in [6.45, 7) is 2.17. The fourth-order valence-electron chi connectivity index (χ4n) is 5.62. The van der Waals surface area contributed by atoms with Crippen LogP contribution in [0.5, 0.6) is 5.75 Å². The molecule has 0 amide bonds. The molecule has 0 radical (unpaired) electrons. The number of aliphatic hydroxyl groups excluding tert-OH is 2. The standard InChI is InChI=1S/C18H24O3/c1-18-9-15(20)17-12-5-3-11(19)8-10(12)2-4-13(17)14(18)6-7-16(18)21/h3,5,8,13-17,19-21H,2,4,6-7,9H2,1H3/t13-,14?,15?,16?,17?,18?/m0/s1. The van der Waals surface area contributed by atoms with Gasteiger partial charge in [0.15, 0.2) is 0 Å². The molecular formula is C18H24O3. The van der Waals surface area contributed by atoms with Crippen molar-refractivity contribution >= 4 is 0 Å². The zero-order valence-corrected chi connectivity index (χ0v) is 12.5. The molecule has 3 N–H and O–H groups in total. The first-order valence-corrected chi connectivity index (χ1v) is 8.18. The quantitative estimate of drug-likeness (QED) is 0.687. The summed E-state index contributed by atoms with van der Waals surface area (Å²) in [7, 11) is 0. The number of aliphatic hydroxyl groups is 2. The molecule has 1 aromatic carbocycles. The predicted octanol–water partition coefficient (Wildman–Crippen LogP) is 2.58. The molecule has 3 heteroatoms. The van der Waals surface area contributed by atoms with Crippen LogP contribution in [0, 0.1) is 17.3 Å². The Labute approximate surface area is 125 Å². The van der Waals surface area contributed by atoms with E-state index in [4.69, 9.17) is 0 Å². The molecule has 3 nitrogen and oxygen atoms in total. The zero-order chi connectivity index (χ0) is 14.8. The van der Waals surface area contributed by atoms with E-state index in [0.29, 0.717) is 24.0 Å². The highest BCUT2D eigenvalue weighted by Crippen LogP contribution is 2.60. The minimum absolute atomic E-state index is 0.116. The second-order valence-electron chi connectivity index (χ2n) is 7.59. The molecule has 2 fully saturated rings. The maximum absolute atomic E-state index is 10.8. The second kappa shape index (κ2) is 4.47. The molecule has 0 aromatic heterocycles. The van der Waals surface area contributed by atoms with Crippen LogP contribution < -0.4 is 0 Å². The van der Waals surface area contributed by atoms with Gasteiger partial charge < -0.3 is 15.3 Å². The Morgan fingerprint density at radius 3 is 2.76 bits per heavy atom. The van der Waals surface area contributed by atoms with Crippen LogP contribution in [0.25, 0.3) is 0 Å². The number of fused-ring (bicyclic) bond motifs is 5. The van der Waals surface area contributed by atoms with E-state index in [-0.39, 0.29) is 23.5 Å². The minimum Gasteiger partial charge on any atom is -0.508 e. The molecule has 0 heterocycles. The number of phenolic OH excluding ortho intramolecular Hbond substituents is 1. The van der Waals surface area contributed by atoms with Gasteiger partial charge in [-0.25, -0.2) is 0 Å². The summed E-state index contributed by atoms with van der Waals surface area (Å²) >= 11 is 0. The summed E-state index contributed by atoms with van der Waals surface area (Å²) < 4.78 is 0. The van der Waals surface area contributed by atoms with E-state index in [1.807, 2.05) is 12.1 Å². The van der Waals surface area contributed by atoms with Crippen molar-refractivity contribution in [1.82, 2.24) is 0 Å². The SMILES string of the molecule is CC12CC(O)C3c4ccc(O)cc4CC[C@H]3C1CCC2O. The third-order valence-corrected chi connectivity index (χ3v) is 6.63. The van der Waals surface area contributed by atoms with Gasteiger partial charge in [-0.2, -0.15) is 0 Å². The first-order chi connectivity index (χ1) is 10.0. The summed E-state index contributed by atoms with van der Waals surface area (Å²) in [5.74, 6) is 1.48. The number of hydrogen-bond acceptors (Lipinski definition) is 3. The number of aromatic hydroxyl groups is 1. The monoisotopic (exact) mass is 288 g/mol. The lowest BCUT2D eigenvalue weighted by Gasteiger charge is -2.52. The molecule has 0 saturated heterocycles. The minimum atomic E-state index is -0.382. The van der Waals surface area contributed by atoms with Gasteiger partial charge in [-0.1, -0.05) is 13.0 Å². The van der Waals surface area contributed by atoms with Gasteiger partial charge in [0.25, 0.3) is 0 Å². The molecule has 4 rings (SSSR count). The third-order valence-electron chi connectivity index (χ3n) is 6.63. The molecule has 21 heavy (non-hydrogen) atoms. The summed E-state index contributed by atoms with van der Waals surface area (Å²) in [6, 6.07) is 5.60. The van der Waals surface area contributed by atoms with E-state index in [1.165, 1.54) is 11.1 Å². The number of benzene rings is 1. The summed E-state index contributed by atoms with van der Waals surface area (Å²) in [5.41, 5.74) is 2.30. The van der Waals surface area contributed by atoms with E-state index < -0.39 is 0 Å². The molecular weight excluding hydrogens is 264 g/mol. The van der Waals surface area contributed by atoms with E-state index in [2.05, 4.69) is 6.92 Å². The van der Waals surface area contributed by atoms with Gasteiger partial charge in [0.1, 0.15) is 5.75 Å². The lowest BCUT2D eigenvalue weighted by molar-refractivity contribution is -0.0798. The van der Waals surface area contributed by atoms with E-state index in [1.54, 1.807) is 6.07 Å². The highest BCUT2D eigenvalue weighted by atomic mass is 16.3. The van der Waals surface area contributed by atoms with Crippen molar-refractivity contribution < 1.29 is 15.3 Å². The fraction of sp³-hybridized carbons (Fsp3) is 0.667. The van der Waals surface area contributed by atoms with Gasteiger partial charge in [-0.3, -0.25) is 0 Å². The normalized spacial score (nSPS) is 44.8. The van der Waals surface area contributed by atoms with Crippen molar-refractivity contribution in [2.75, 3.05) is 0 Å². The van der Waals surface area contributed by atoms with Crippen molar-refractivity contribution in [3.05, 3.63) is 29.3 Å². The summed E-state index contributed by atoms with van der Waals surface area (Å²) in [5, 5.41) is 30.8. The molecule has 2 saturated carbocycles. The summed E-state index contributed by atoms with van der Waals surface area (Å²) in [6.07, 6.45) is 4.04. The Balaban J connectivity index is 1.76. The molecule has 5 unspecified atom stereocenters. The Kier molecular flexibility index (Phi) is 2.89. The second-order valence-corrected chi connectivity index (χ2v) is 7.59. The number of rotatable bonds is 0. The Bertz CT molecular complexity index is 570. The predicted molar refractivity (Wildman–Crippen MR) is 80.1 cm³/mol. The van der Waals surface area contributed by atoms with Crippen molar-refractivity contribution in [3.8, 4) is 5.75 Å². The lowest BCUT2D eigenvalue weighted by atomic mass is 9.54. The van der Waals surface area contributed by atoms with Crippen molar-refractivity contribution in [3.63, 3.8) is 0 Å². The van der Waals surface area contributed by atoms with Crippen molar-refractivity contribution in [1.29, 1.82) is 0 Å². The first-order valence-electron chi connectivity index (χ1n) is 8.18. The molecule has 114 valence electrons. The smallest absolute Gasteiger partial charge is 0.115 e. The van der Waals surface area contributed by atoms with Crippen LogP contribution in [0.1, 0.15) is 49.7 Å². The number of aryl methyl sites for hydroxylation is 1. The highest BCUT2D eigenvalue weighted by Gasteiger charge is 2.57. The first kappa shape index (κ1) is 13.6. The maximum atomic E-state index is 10.8. The zero-order valence-electron chi connectivity index (χ0n) is 12.5. The fourth-order valence-corrected chi connectivity index (χ4v) is 5.62. The number of hydrogen-bond donors (Lipinski definition) is 3. The topological polar surface area (TPSA) is 60.7 Å². The Morgan fingerprint density at radius 1 is 1.14 bits per heavy atom. The Morgan fingerprint density at radius 2 is 1.95 bits per heavy atom. The molecule has 3 aliphatic carbocycles. The maximum Gasteiger partial charge on any atom is 0.115 e. The van der Waals surface area contributed by atoms with Crippen LogP contribution in [0.15, 0.2) is 18.2 Å². The van der Waals surface area contributed by atoms with Gasteiger partial charge in [-0.15, -0.1) is 0 Å². The van der Waals surface area contributed by atoms with Gasteiger partial charge in [0.2, 0.25) is 0 Å². The van der Waals surface area contributed by atoms with Gasteiger partial charge in [0.05, 0.1) is 12.2 Å². The van der Waals surface area contributed by atoms with E-state index >= 15 is 0 Å². The third kappa shape index (κ3) is 1.80. The van der Waals surface area contributed by atoms with E-state index in [0.717, 1.165) is 25.7 Å². The molecule has 1 aromatic rings. The van der Waals surface area contributed by atoms with Crippen LogP contribution in [0.3, 0.4) is 0 Å². The Hall–Kier alpha value is -1.06. The van der Waals surface area contributed by atoms with Crippen LogP contribution in [0.4, 0.5) is 0 Å². The van der Waals surface area contributed by atoms with Crippen molar-refractivity contribution in [2.24, 2.45) is 17.3 Å². The lowest BCUT2D eigenvalue weighted by Crippen LogP contribution is -2.50. The van der Waals surface area contributed by atoms with Gasteiger partial charge in [-0.05, 0) is 72.6 Å². The highest BCUT2D eigenvalue weighted by molar-refractivity contribution is 5.40. The van der Waals surface area contributed by atoms with Gasteiger partial charge in [0, 0.05) is 5.92 Å². The van der Waals surface area contributed by atoms with Crippen LogP contribution in [-0.4, -0.2) is 27.5 Å². The average Bonchev–Trinajstić information content (AvgIpc) is 2.74. The number of phenols is 1. The molecule has 0 aliphatic heterocycles. The largest absolute Gasteiger partial charge is 0.508 e. The molecule has 0 spiro atoms. The molecule has 0 bridgehead atoms. The van der Waals surface area contributed by atoms with Crippen LogP contribution >= 0.6 is 0 Å². The van der Waals surface area contributed by atoms with E-state index in [9.17, 15) is 15.3 Å². The van der Waals surface area contributed by atoms with Crippen LogP contribution in [0.2, 0.25) is 0 Å². The summed E-state index contributed by atoms with van der Waals surface area (Å²) in [4.78, 5) is 0. The average molecular weight is 288 g/mol. The van der Waals surface area contributed by atoms with Crippen LogP contribution in [-0.2, 0) is 6.42 Å². The molecule has 3 aliphatic rings. The molecule has 6 atom stereocenters.